The average molecular weight is 255 g/mol. The van der Waals surface area contributed by atoms with Crippen molar-refractivity contribution in [2.45, 2.75) is 6.92 Å². The summed E-state index contributed by atoms with van der Waals surface area (Å²) in [7, 11) is 0. The Kier molecular flexibility index (Phi) is 2.59. The van der Waals surface area contributed by atoms with Crippen molar-refractivity contribution in [3.63, 3.8) is 0 Å². The lowest BCUT2D eigenvalue weighted by atomic mass is 10.0. The van der Waals surface area contributed by atoms with Gasteiger partial charge in [-0.25, -0.2) is 9.50 Å². The van der Waals surface area contributed by atoms with E-state index in [1.807, 2.05) is 18.2 Å². The molecule has 3 aromatic rings. The van der Waals surface area contributed by atoms with E-state index in [0.717, 1.165) is 5.52 Å². The molecule has 0 saturated carbocycles. The normalized spacial score (nSPS) is 10.8. The molecule has 0 saturated heterocycles. The Labute approximate surface area is 108 Å². The number of nitrogens with zero attached hydrogens (tertiary/aromatic N) is 3. The molecule has 0 amide bonds. The molecule has 0 bridgehead atoms. The molecule has 0 aliphatic heterocycles. The van der Waals surface area contributed by atoms with E-state index < -0.39 is 5.95 Å². The largest absolute Gasteiger partial charge is 0.293 e. The number of fused-ring (bicyclic) bond motifs is 1. The minimum Gasteiger partial charge on any atom is -0.293 e. The van der Waals surface area contributed by atoms with Crippen LogP contribution >= 0.6 is 0 Å². The zero-order valence-corrected chi connectivity index (χ0v) is 10.2. The SMILES string of the molecule is CC(=O)c1nn2ccccc2c1-c1ccnc(F)c1. The van der Waals surface area contributed by atoms with Crippen molar-refractivity contribution in [2.75, 3.05) is 0 Å². The molecule has 0 aliphatic rings. The molecular weight excluding hydrogens is 245 g/mol. The molecule has 0 aliphatic carbocycles. The monoisotopic (exact) mass is 255 g/mol. The lowest BCUT2D eigenvalue weighted by molar-refractivity contribution is 0.101. The predicted octanol–water partition coefficient (Wildman–Crippen LogP) is 2.74. The molecule has 3 aromatic heterocycles. The summed E-state index contributed by atoms with van der Waals surface area (Å²) in [5, 5.41) is 4.24. The van der Waals surface area contributed by atoms with Gasteiger partial charge in [0.25, 0.3) is 0 Å². The van der Waals surface area contributed by atoms with E-state index in [4.69, 9.17) is 0 Å². The minimum absolute atomic E-state index is 0.157. The van der Waals surface area contributed by atoms with Crippen molar-refractivity contribution < 1.29 is 9.18 Å². The smallest absolute Gasteiger partial charge is 0.213 e. The summed E-state index contributed by atoms with van der Waals surface area (Å²) in [4.78, 5) is 15.2. The van der Waals surface area contributed by atoms with Gasteiger partial charge in [-0.15, -0.1) is 0 Å². The zero-order valence-electron chi connectivity index (χ0n) is 10.2. The fourth-order valence-electron chi connectivity index (χ4n) is 2.09. The van der Waals surface area contributed by atoms with Crippen LogP contribution in [0.5, 0.6) is 0 Å². The topological polar surface area (TPSA) is 47.3 Å². The summed E-state index contributed by atoms with van der Waals surface area (Å²) >= 11 is 0. The van der Waals surface area contributed by atoms with Crippen molar-refractivity contribution in [1.82, 2.24) is 14.6 Å². The van der Waals surface area contributed by atoms with E-state index in [2.05, 4.69) is 10.1 Å². The minimum atomic E-state index is -0.581. The number of halogens is 1. The van der Waals surface area contributed by atoms with Gasteiger partial charge in [0, 0.05) is 30.9 Å². The first-order chi connectivity index (χ1) is 9.16. The van der Waals surface area contributed by atoms with Crippen LogP contribution < -0.4 is 0 Å². The van der Waals surface area contributed by atoms with Crippen LogP contribution in [0.3, 0.4) is 0 Å². The number of pyridine rings is 2. The fourth-order valence-corrected chi connectivity index (χ4v) is 2.09. The third-order valence-corrected chi connectivity index (χ3v) is 2.89. The third-order valence-electron chi connectivity index (χ3n) is 2.89. The quantitative estimate of drug-likeness (QED) is 0.522. The number of rotatable bonds is 2. The van der Waals surface area contributed by atoms with Gasteiger partial charge in [0.1, 0.15) is 5.69 Å². The number of ketones is 1. The van der Waals surface area contributed by atoms with Crippen molar-refractivity contribution in [3.05, 3.63) is 54.4 Å². The predicted molar refractivity (Wildman–Crippen MR) is 68.4 cm³/mol. The first-order valence-electron chi connectivity index (χ1n) is 5.77. The molecule has 0 fully saturated rings. The molecule has 94 valence electrons. The van der Waals surface area contributed by atoms with Gasteiger partial charge in [-0.05, 0) is 23.8 Å². The maximum absolute atomic E-state index is 13.3. The maximum Gasteiger partial charge on any atom is 0.213 e. The summed E-state index contributed by atoms with van der Waals surface area (Å²) in [5.74, 6) is -0.738. The van der Waals surface area contributed by atoms with Crippen molar-refractivity contribution in [3.8, 4) is 11.1 Å². The Bertz CT molecular complexity index is 779. The molecule has 0 unspecified atom stereocenters. The van der Waals surface area contributed by atoms with Crippen LogP contribution in [0.2, 0.25) is 0 Å². The Morgan fingerprint density at radius 3 is 2.89 bits per heavy atom. The molecule has 4 nitrogen and oxygen atoms in total. The number of carbonyl (C=O) groups is 1. The van der Waals surface area contributed by atoms with Gasteiger partial charge in [-0.3, -0.25) is 4.79 Å². The van der Waals surface area contributed by atoms with Crippen LogP contribution in [-0.2, 0) is 0 Å². The molecule has 0 radical (unpaired) electrons. The third kappa shape index (κ3) is 1.89. The Hall–Kier alpha value is -2.56. The molecule has 19 heavy (non-hydrogen) atoms. The molecule has 0 atom stereocenters. The first-order valence-corrected chi connectivity index (χ1v) is 5.77. The highest BCUT2D eigenvalue weighted by Gasteiger charge is 2.17. The number of Topliss-reactive ketones (excluding diaryl/α,β-unsaturated/α-hetero) is 1. The van der Waals surface area contributed by atoms with Crippen LogP contribution in [-0.4, -0.2) is 20.4 Å². The number of carbonyl (C=O) groups excluding carboxylic acids is 1. The summed E-state index contributed by atoms with van der Waals surface area (Å²) < 4.78 is 14.9. The van der Waals surface area contributed by atoms with E-state index in [9.17, 15) is 9.18 Å². The van der Waals surface area contributed by atoms with Gasteiger partial charge in [-0.2, -0.15) is 9.49 Å². The molecule has 3 heterocycles. The highest BCUT2D eigenvalue weighted by Crippen LogP contribution is 2.28. The second-order valence-electron chi connectivity index (χ2n) is 4.18. The maximum atomic E-state index is 13.3. The Morgan fingerprint density at radius 2 is 2.16 bits per heavy atom. The number of hydrogen-bond donors (Lipinski definition) is 0. The van der Waals surface area contributed by atoms with Crippen LogP contribution in [0.15, 0.2) is 42.7 Å². The van der Waals surface area contributed by atoms with Crippen LogP contribution in [0.4, 0.5) is 4.39 Å². The fraction of sp³-hybridized carbons (Fsp3) is 0.0714. The molecule has 0 aromatic carbocycles. The number of hydrogen-bond acceptors (Lipinski definition) is 3. The molecule has 3 rings (SSSR count). The van der Waals surface area contributed by atoms with Crippen LogP contribution in [0.1, 0.15) is 17.4 Å². The zero-order chi connectivity index (χ0) is 13.4. The Morgan fingerprint density at radius 1 is 1.32 bits per heavy atom. The van der Waals surface area contributed by atoms with Crippen molar-refractivity contribution >= 4 is 11.3 Å². The van der Waals surface area contributed by atoms with E-state index >= 15 is 0 Å². The lowest BCUT2D eigenvalue weighted by Gasteiger charge is -2.01. The van der Waals surface area contributed by atoms with E-state index in [1.165, 1.54) is 19.2 Å². The average Bonchev–Trinajstić information content (AvgIpc) is 2.78. The van der Waals surface area contributed by atoms with Crippen molar-refractivity contribution in [2.24, 2.45) is 0 Å². The van der Waals surface area contributed by atoms with Gasteiger partial charge in [0.05, 0.1) is 5.52 Å². The van der Waals surface area contributed by atoms with E-state index in [0.29, 0.717) is 16.8 Å². The summed E-state index contributed by atoms with van der Waals surface area (Å²) in [6.07, 6.45) is 3.13. The summed E-state index contributed by atoms with van der Waals surface area (Å²) in [6, 6.07) is 8.48. The van der Waals surface area contributed by atoms with Gasteiger partial charge in [0.15, 0.2) is 5.78 Å². The second-order valence-corrected chi connectivity index (χ2v) is 4.18. The van der Waals surface area contributed by atoms with Crippen molar-refractivity contribution in [1.29, 1.82) is 0 Å². The van der Waals surface area contributed by atoms with Gasteiger partial charge in [-0.1, -0.05) is 6.07 Å². The molecule has 0 N–H and O–H groups in total. The summed E-state index contributed by atoms with van der Waals surface area (Å²) in [5.41, 5.74) is 2.32. The highest BCUT2D eigenvalue weighted by molar-refractivity contribution is 6.03. The van der Waals surface area contributed by atoms with E-state index in [1.54, 1.807) is 16.8 Å². The van der Waals surface area contributed by atoms with E-state index in [-0.39, 0.29) is 5.78 Å². The molecule has 0 spiro atoms. The second kappa shape index (κ2) is 4.28. The van der Waals surface area contributed by atoms with Gasteiger partial charge < -0.3 is 0 Å². The lowest BCUT2D eigenvalue weighted by Crippen LogP contribution is -1.96. The van der Waals surface area contributed by atoms with Crippen LogP contribution in [0, 0.1) is 5.95 Å². The molecular formula is C14H10FN3O. The van der Waals surface area contributed by atoms with Gasteiger partial charge >= 0.3 is 0 Å². The Balaban J connectivity index is 2.38. The van der Waals surface area contributed by atoms with Gasteiger partial charge in [0.2, 0.25) is 5.95 Å². The summed E-state index contributed by atoms with van der Waals surface area (Å²) in [6.45, 7) is 1.45. The standard InChI is InChI=1S/C14H10FN3O/c1-9(19)14-13(10-5-6-16-12(15)8-10)11-4-2-3-7-18(11)17-14/h2-8H,1H3. The highest BCUT2D eigenvalue weighted by atomic mass is 19.1. The van der Waals surface area contributed by atoms with Crippen LogP contribution in [0.25, 0.3) is 16.6 Å². The molecule has 5 heteroatoms. The first kappa shape index (κ1) is 11.5. The number of aromatic nitrogens is 3.